The maximum atomic E-state index is 13.6. The van der Waals surface area contributed by atoms with Gasteiger partial charge in [-0.15, -0.1) is 0 Å². The first-order valence-corrected chi connectivity index (χ1v) is 11.5. The Hall–Kier alpha value is -4.49. The van der Waals surface area contributed by atoms with Crippen molar-refractivity contribution in [1.82, 2.24) is 9.80 Å². The highest BCUT2D eigenvalue weighted by molar-refractivity contribution is 6.05. The number of amides is 3. The van der Waals surface area contributed by atoms with Crippen LogP contribution in [0.15, 0.2) is 36.4 Å². The normalized spacial score (nSPS) is 16.0. The molecule has 4 N–H and O–H groups in total. The van der Waals surface area contributed by atoms with Crippen molar-refractivity contribution in [1.29, 1.82) is 0 Å². The standard InChI is InChI=1S/C25H26F3N3O8/c1-24(2,3)39-22(36)29-18-5-4-13(14-8-15(25(26,27)28)11-16(32)9-14)10-17(18)20(33)31-7-6-30(23(37)38)12-19(31)21(34)35/h4-5,8-11,19,32H,6-7,12H2,1-3H3,(H,29,36)(H,34,35)(H,37,38). The molecule has 11 nitrogen and oxygen atoms in total. The number of nitrogens with one attached hydrogen (secondary N) is 1. The summed E-state index contributed by atoms with van der Waals surface area (Å²) in [5.41, 5.74) is -2.52. The maximum Gasteiger partial charge on any atom is 0.416 e. The van der Waals surface area contributed by atoms with Crippen LogP contribution in [0.4, 0.5) is 28.4 Å². The molecule has 1 saturated heterocycles. The van der Waals surface area contributed by atoms with Crippen LogP contribution in [0, 0.1) is 0 Å². The van der Waals surface area contributed by atoms with Gasteiger partial charge in [0.2, 0.25) is 0 Å². The minimum absolute atomic E-state index is 0.0468. The Morgan fingerprint density at radius 2 is 1.64 bits per heavy atom. The molecular formula is C25H26F3N3O8. The molecule has 1 fully saturated rings. The summed E-state index contributed by atoms with van der Waals surface area (Å²) in [4.78, 5) is 51.1. The number of carboxylic acid groups (broad SMARTS) is 2. The van der Waals surface area contributed by atoms with Crippen molar-refractivity contribution in [3.8, 4) is 16.9 Å². The molecule has 1 atom stereocenters. The Kier molecular flexibility index (Phi) is 7.98. The number of rotatable bonds is 4. The van der Waals surface area contributed by atoms with E-state index in [1.165, 1.54) is 12.1 Å². The van der Waals surface area contributed by atoms with E-state index < -0.39 is 59.7 Å². The van der Waals surface area contributed by atoms with E-state index in [1.54, 1.807) is 20.8 Å². The first kappa shape index (κ1) is 29.1. The van der Waals surface area contributed by atoms with E-state index >= 15 is 0 Å². The van der Waals surface area contributed by atoms with Gasteiger partial charge in [-0.3, -0.25) is 10.1 Å². The van der Waals surface area contributed by atoms with Crippen LogP contribution in [-0.2, 0) is 15.7 Å². The number of hydrogen-bond donors (Lipinski definition) is 4. The number of phenolic OH excluding ortho intramolecular Hbond substituents is 1. The van der Waals surface area contributed by atoms with Gasteiger partial charge in [-0.1, -0.05) is 6.07 Å². The van der Waals surface area contributed by atoms with Gasteiger partial charge in [0.1, 0.15) is 17.4 Å². The lowest BCUT2D eigenvalue weighted by Gasteiger charge is -2.38. The van der Waals surface area contributed by atoms with Crippen molar-refractivity contribution in [2.75, 3.05) is 25.0 Å². The van der Waals surface area contributed by atoms with E-state index in [1.807, 2.05) is 0 Å². The Morgan fingerprint density at radius 1 is 0.974 bits per heavy atom. The molecular weight excluding hydrogens is 527 g/mol. The summed E-state index contributed by atoms with van der Waals surface area (Å²) < 4.78 is 45.2. The van der Waals surface area contributed by atoms with Gasteiger partial charge >= 0.3 is 24.3 Å². The number of anilines is 1. The SMILES string of the molecule is CC(C)(C)OC(=O)Nc1ccc(-c2cc(O)cc(C(F)(F)F)c2)cc1C(=O)N1CCN(C(=O)O)CC1C(=O)O. The molecule has 39 heavy (non-hydrogen) atoms. The zero-order valence-electron chi connectivity index (χ0n) is 21.1. The Bertz CT molecular complexity index is 1310. The summed E-state index contributed by atoms with van der Waals surface area (Å²) in [5, 5.41) is 31.2. The third kappa shape index (κ3) is 7.09. The first-order chi connectivity index (χ1) is 18.0. The van der Waals surface area contributed by atoms with Gasteiger partial charge in [0.05, 0.1) is 23.4 Å². The van der Waals surface area contributed by atoms with Crippen LogP contribution in [0.2, 0.25) is 0 Å². The molecule has 1 unspecified atom stereocenters. The summed E-state index contributed by atoms with van der Waals surface area (Å²) >= 11 is 0. The van der Waals surface area contributed by atoms with Gasteiger partial charge in [-0.25, -0.2) is 14.4 Å². The highest BCUT2D eigenvalue weighted by Crippen LogP contribution is 2.36. The van der Waals surface area contributed by atoms with Gasteiger partial charge in [-0.05, 0) is 62.2 Å². The van der Waals surface area contributed by atoms with Gasteiger partial charge in [0, 0.05) is 13.1 Å². The smallest absolute Gasteiger partial charge is 0.416 e. The molecule has 210 valence electrons. The van der Waals surface area contributed by atoms with Crippen LogP contribution in [0.25, 0.3) is 11.1 Å². The molecule has 1 aliphatic heterocycles. The molecule has 3 amide bonds. The Balaban J connectivity index is 2.10. The fraction of sp³-hybridized carbons (Fsp3) is 0.360. The van der Waals surface area contributed by atoms with Crippen LogP contribution in [0.1, 0.15) is 36.7 Å². The number of alkyl halides is 3. The predicted molar refractivity (Wildman–Crippen MR) is 130 cm³/mol. The lowest BCUT2D eigenvalue weighted by atomic mass is 9.98. The number of benzene rings is 2. The fourth-order valence-corrected chi connectivity index (χ4v) is 3.93. The third-order valence-electron chi connectivity index (χ3n) is 5.66. The second-order valence-corrected chi connectivity index (χ2v) is 9.73. The van der Waals surface area contributed by atoms with Crippen LogP contribution in [0.3, 0.4) is 0 Å². The molecule has 1 heterocycles. The predicted octanol–water partition coefficient (Wildman–Crippen LogP) is 4.31. The first-order valence-electron chi connectivity index (χ1n) is 11.5. The average molecular weight is 553 g/mol. The van der Waals surface area contributed by atoms with Crippen LogP contribution >= 0.6 is 0 Å². The number of halogens is 3. The number of carbonyl (C=O) groups is 4. The molecule has 0 spiro atoms. The largest absolute Gasteiger partial charge is 0.508 e. The highest BCUT2D eigenvalue weighted by Gasteiger charge is 2.38. The van der Waals surface area contributed by atoms with Crippen molar-refractivity contribution in [3.63, 3.8) is 0 Å². The summed E-state index contributed by atoms with van der Waals surface area (Å²) in [6.07, 6.45) is -7.10. The minimum atomic E-state index is -4.77. The topological polar surface area (TPSA) is 157 Å². The van der Waals surface area contributed by atoms with E-state index in [-0.39, 0.29) is 35.5 Å². The fourth-order valence-electron chi connectivity index (χ4n) is 3.93. The number of carbonyl (C=O) groups excluding carboxylic acids is 2. The van der Waals surface area contributed by atoms with Crippen molar-refractivity contribution < 1.29 is 52.4 Å². The Labute approximate surface area is 220 Å². The molecule has 0 radical (unpaired) electrons. The summed E-state index contributed by atoms with van der Waals surface area (Å²) in [7, 11) is 0. The van der Waals surface area contributed by atoms with Gasteiger partial charge < -0.3 is 29.9 Å². The van der Waals surface area contributed by atoms with E-state index in [0.717, 1.165) is 28.0 Å². The number of aromatic hydroxyl groups is 1. The molecule has 0 saturated carbocycles. The third-order valence-corrected chi connectivity index (χ3v) is 5.66. The van der Waals surface area contributed by atoms with Crippen molar-refractivity contribution in [2.24, 2.45) is 0 Å². The van der Waals surface area contributed by atoms with E-state index in [2.05, 4.69) is 5.32 Å². The maximum absolute atomic E-state index is 13.6. The lowest BCUT2D eigenvalue weighted by Crippen LogP contribution is -2.59. The van der Waals surface area contributed by atoms with Gasteiger partial charge in [0.15, 0.2) is 0 Å². The molecule has 1 aliphatic rings. The zero-order chi connectivity index (χ0) is 29.3. The van der Waals surface area contributed by atoms with Crippen molar-refractivity contribution in [3.05, 3.63) is 47.5 Å². The van der Waals surface area contributed by atoms with Gasteiger partial charge in [-0.2, -0.15) is 13.2 Å². The minimum Gasteiger partial charge on any atom is -0.508 e. The summed E-state index contributed by atoms with van der Waals surface area (Å²) in [5.74, 6) is -3.08. The quantitative estimate of drug-likeness (QED) is 0.436. The molecule has 3 rings (SSSR count). The van der Waals surface area contributed by atoms with Crippen molar-refractivity contribution in [2.45, 2.75) is 38.6 Å². The van der Waals surface area contributed by atoms with Crippen molar-refractivity contribution >= 4 is 29.8 Å². The Morgan fingerprint density at radius 3 is 2.21 bits per heavy atom. The molecule has 14 heteroatoms. The number of nitrogens with zero attached hydrogens (tertiary/aromatic N) is 2. The lowest BCUT2D eigenvalue weighted by molar-refractivity contribution is -0.144. The molecule has 0 aliphatic carbocycles. The molecule has 0 aromatic heterocycles. The molecule has 2 aromatic carbocycles. The zero-order valence-corrected chi connectivity index (χ0v) is 21.1. The second-order valence-electron chi connectivity index (χ2n) is 9.73. The summed E-state index contributed by atoms with van der Waals surface area (Å²) in [6, 6.07) is 4.45. The van der Waals surface area contributed by atoms with Crippen LogP contribution in [0.5, 0.6) is 5.75 Å². The number of ether oxygens (including phenoxy) is 1. The van der Waals surface area contributed by atoms with E-state index in [9.17, 15) is 47.7 Å². The molecule has 0 bridgehead atoms. The molecule has 2 aromatic rings. The number of hydrogen-bond acceptors (Lipinski definition) is 6. The van der Waals surface area contributed by atoms with E-state index in [4.69, 9.17) is 4.74 Å². The van der Waals surface area contributed by atoms with E-state index in [0.29, 0.717) is 6.07 Å². The monoisotopic (exact) mass is 553 g/mol. The van der Waals surface area contributed by atoms with Crippen LogP contribution in [-0.4, -0.2) is 80.5 Å². The highest BCUT2D eigenvalue weighted by atomic mass is 19.4. The number of piperazine rings is 1. The van der Waals surface area contributed by atoms with Gasteiger partial charge in [0.25, 0.3) is 5.91 Å². The number of phenols is 1. The average Bonchev–Trinajstić information content (AvgIpc) is 2.81. The van der Waals surface area contributed by atoms with Crippen LogP contribution < -0.4 is 5.32 Å². The number of aliphatic carboxylic acids is 1. The second kappa shape index (κ2) is 10.7. The number of carboxylic acids is 1. The summed E-state index contributed by atoms with van der Waals surface area (Å²) in [6.45, 7) is 3.78.